The molecule has 146 valence electrons. The first-order valence-electron chi connectivity index (χ1n) is 9.35. The van der Waals surface area contributed by atoms with Crippen LogP contribution in [0.3, 0.4) is 0 Å². The molecule has 0 bridgehead atoms. The van der Waals surface area contributed by atoms with E-state index in [0.29, 0.717) is 17.9 Å². The highest BCUT2D eigenvalue weighted by atomic mass is 79.9. The van der Waals surface area contributed by atoms with Gasteiger partial charge in [0.25, 0.3) is 0 Å². The van der Waals surface area contributed by atoms with Gasteiger partial charge in [0.05, 0.1) is 12.6 Å². The van der Waals surface area contributed by atoms with E-state index < -0.39 is 0 Å². The molecule has 3 aromatic heterocycles. The van der Waals surface area contributed by atoms with Gasteiger partial charge in [-0.1, -0.05) is 0 Å². The largest absolute Gasteiger partial charge is 0.353 e. The van der Waals surface area contributed by atoms with Crippen molar-refractivity contribution in [1.82, 2.24) is 19.5 Å². The number of carbonyl (C=O) groups excluding carboxylic acids is 1. The fraction of sp³-hybridized carbons (Fsp3) is 0.400. The highest BCUT2D eigenvalue weighted by Crippen LogP contribution is 2.21. The lowest BCUT2D eigenvalue weighted by atomic mass is 10.2. The van der Waals surface area contributed by atoms with E-state index in [-0.39, 0.29) is 23.9 Å². The van der Waals surface area contributed by atoms with Crippen LogP contribution in [0.1, 0.15) is 48.5 Å². The maximum absolute atomic E-state index is 12.7. The Morgan fingerprint density at radius 3 is 2.96 bits per heavy atom. The number of hydrogen-bond donors (Lipinski definition) is 0. The van der Waals surface area contributed by atoms with Crippen molar-refractivity contribution in [2.75, 3.05) is 13.2 Å². The number of fused-ring (bicyclic) bond motifs is 1. The van der Waals surface area contributed by atoms with Crippen molar-refractivity contribution in [2.24, 2.45) is 0 Å². The molecule has 0 spiro atoms. The molecule has 28 heavy (non-hydrogen) atoms. The van der Waals surface area contributed by atoms with E-state index in [4.69, 9.17) is 9.47 Å². The molecule has 0 aliphatic carbocycles. The molecule has 1 aliphatic heterocycles. The Balaban J connectivity index is 1.53. The molecular formula is C20H21BrN4O3. The van der Waals surface area contributed by atoms with E-state index in [1.807, 2.05) is 16.8 Å². The summed E-state index contributed by atoms with van der Waals surface area (Å²) in [4.78, 5) is 25.6. The number of hydrogen-bond acceptors (Lipinski definition) is 6. The number of ketones is 1. The zero-order valence-corrected chi connectivity index (χ0v) is 17.1. The van der Waals surface area contributed by atoms with Crippen molar-refractivity contribution in [3.63, 3.8) is 0 Å². The Bertz CT molecular complexity index is 967. The van der Waals surface area contributed by atoms with Gasteiger partial charge < -0.3 is 14.0 Å². The van der Waals surface area contributed by atoms with E-state index in [2.05, 4.69) is 37.8 Å². The van der Waals surface area contributed by atoms with Gasteiger partial charge in [-0.3, -0.25) is 9.78 Å². The summed E-state index contributed by atoms with van der Waals surface area (Å²) in [6.07, 6.45) is 8.23. The third-order valence-electron chi connectivity index (χ3n) is 4.75. The van der Waals surface area contributed by atoms with Gasteiger partial charge in [0.2, 0.25) is 11.6 Å². The zero-order valence-electron chi connectivity index (χ0n) is 15.5. The smallest absolute Gasteiger partial charge is 0.248 e. The van der Waals surface area contributed by atoms with E-state index in [0.717, 1.165) is 35.7 Å². The molecule has 4 rings (SSSR count). The van der Waals surface area contributed by atoms with Crippen LogP contribution < -0.4 is 0 Å². The molecule has 0 N–H and O–H groups in total. The van der Waals surface area contributed by atoms with Gasteiger partial charge in [0.1, 0.15) is 11.3 Å². The van der Waals surface area contributed by atoms with Gasteiger partial charge >= 0.3 is 0 Å². The number of rotatable bonds is 6. The van der Waals surface area contributed by atoms with Gasteiger partial charge in [0.15, 0.2) is 6.29 Å². The molecule has 1 unspecified atom stereocenters. The second kappa shape index (κ2) is 8.46. The van der Waals surface area contributed by atoms with Crippen LogP contribution in [0.4, 0.5) is 0 Å². The predicted molar refractivity (Wildman–Crippen MR) is 107 cm³/mol. The first-order chi connectivity index (χ1) is 13.6. The van der Waals surface area contributed by atoms with Crippen LogP contribution in [-0.2, 0) is 9.47 Å². The summed E-state index contributed by atoms with van der Waals surface area (Å²) in [6.45, 7) is 3.33. The van der Waals surface area contributed by atoms with Crippen molar-refractivity contribution in [2.45, 2.75) is 38.5 Å². The third-order valence-corrected chi connectivity index (χ3v) is 5.22. The first kappa shape index (κ1) is 19.2. The predicted octanol–water partition coefficient (Wildman–Crippen LogP) is 3.92. The summed E-state index contributed by atoms with van der Waals surface area (Å²) in [6, 6.07) is 5.41. The van der Waals surface area contributed by atoms with Gasteiger partial charge in [-0.25, -0.2) is 9.97 Å². The normalized spacial score (nSPS) is 18.3. The van der Waals surface area contributed by atoms with Crippen LogP contribution >= 0.6 is 15.9 Å². The first-order valence-corrected chi connectivity index (χ1v) is 10.1. The average molecular weight is 445 g/mol. The van der Waals surface area contributed by atoms with Crippen molar-refractivity contribution in [1.29, 1.82) is 0 Å². The fourth-order valence-electron chi connectivity index (χ4n) is 3.20. The standard InChI is InChI=1S/C20H21BrN4O3/c1-13(12-28-17-4-2-3-9-27-17)25-8-7-14-10-23-19(24-20(14)25)18(26)16-6-5-15(21)11-22-16/h5-8,10-11,13,17H,2-4,9,12H2,1H3/t13-,17?/m0/s1. The summed E-state index contributed by atoms with van der Waals surface area (Å²) in [5.41, 5.74) is 1.02. The van der Waals surface area contributed by atoms with E-state index >= 15 is 0 Å². The molecule has 8 heteroatoms. The molecule has 1 fully saturated rings. The Labute approximate surface area is 171 Å². The third kappa shape index (κ3) is 4.14. The van der Waals surface area contributed by atoms with Crippen LogP contribution in [0.25, 0.3) is 11.0 Å². The van der Waals surface area contributed by atoms with E-state index in [1.54, 1.807) is 24.5 Å². The molecule has 1 aliphatic rings. The number of nitrogens with zero attached hydrogens (tertiary/aromatic N) is 4. The van der Waals surface area contributed by atoms with Crippen molar-refractivity contribution in [3.8, 4) is 0 Å². The minimum atomic E-state index is -0.304. The SMILES string of the molecule is C[C@@H](COC1CCCCO1)n1ccc2cnc(C(=O)c3ccc(Br)cn3)nc21. The summed E-state index contributed by atoms with van der Waals surface area (Å²) in [7, 11) is 0. The molecule has 1 saturated heterocycles. The average Bonchev–Trinajstić information content (AvgIpc) is 3.16. The molecular weight excluding hydrogens is 424 g/mol. The molecule has 4 heterocycles. The summed E-state index contributed by atoms with van der Waals surface area (Å²) in [5, 5.41) is 0.876. The van der Waals surface area contributed by atoms with E-state index in [1.165, 1.54) is 0 Å². The Hall–Kier alpha value is -2.16. The van der Waals surface area contributed by atoms with Crippen molar-refractivity contribution in [3.05, 3.63) is 52.8 Å². The van der Waals surface area contributed by atoms with Gasteiger partial charge in [-0.15, -0.1) is 0 Å². The molecule has 3 aromatic rings. The highest BCUT2D eigenvalue weighted by Gasteiger charge is 2.19. The molecule has 2 atom stereocenters. The van der Waals surface area contributed by atoms with Crippen LogP contribution in [0.5, 0.6) is 0 Å². The van der Waals surface area contributed by atoms with E-state index in [9.17, 15) is 4.79 Å². The van der Waals surface area contributed by atoms with Crippen molar-refractivity contribution < 1.29 is 14.3 Å². The molecule has 0 saturated carbocycles. The molecule has 0 aromatic carbocycles. The quantitative estimate of drug-likeness (QED) is 0.535. The summed E-state index contributed by atoms with van der Waals surface area (Å²) < 4.78 is 14.4. The Kier molecular flexibility index (Phi) is 5.79. The Morgan fingerprint density at radius 2 is 2.21 bits per heavy atom. The minimum absolute atomic E-state index is 0.0479. The fourth-order valence-corrected chi connectivity index (χ4v) is 3.43. The lowest BCUT2D eigenvalue weighted by Gasteiger charge is -2.24. The molecule has 0 amide bonds. The number of pyridine rings is 1. The lowest BCUT2D eigenvalue weighted by molar-refractivity contribution is -0.166. The number of aromatic nitrogens is 4. The van der Waals surface area contributed by atoms with Crippen LogP contribution in [0.15, 0.2) is 41.3 Å². The topological polar surface area (TPSA) is 79.1 Å². The zero-order chi connectivity index (χ0) is 19.5. The van der Waals surface area contributed by atoms with Gasteiger partial charge in [0, 0.05) is 35.1 Å². The van der Waals surface area contributed by atoms with Crippen LogP contribution in [0, 0.1) is 0 Å². The second-order valence-electron chi connectivity index (χ2n) is 6.86. The van der Waals surface area contributed by atoms with Crippen LogP contribution in [0.2, 0.25) is 0 Å². The second-order valence-corrected chi connectivity index (χ2v) is 7.78. The summed E-state index contributed by atoms with van der Waals surface area (Å²) in [5.74, 6) is -0.173. The maximum Gasteiger partial charge on any atom is 0.248 e. The molecule has 7 nitrogen and oxygen atoms in total. The highest BCUT2D eigenvalue weighted by molar-refractivity contribution is 9.10. The summed E-state index contributed by atoms with van der Waals surface area (Å²) >= 11 is 3.32. The Morgan fingerprint density at radius 1 is 1.32 bits per heavy atom. The number of ether oxygens (including phenoxy) is 2. The number of carbonyl (C=O) groups is 1. The lowest BCUT2D eigenvalue weighted by Crippen LogP contribution is -2.25. The monoisotopic (exact) mass is 444 g/mol. The maximum atomic E-state index is 12.7. The van der Waals surface area contributed by atoms with Crippen molar-refractivity contribution >= 4 is 32.7 Å². The van der Waals surface area contributed by atoms with Crippen LogP contribution in [-0.4, -0.2) is 44.8 Å². The number of halogens is 1. The van der Waals surface area contributed by atoms with Gasteiger partial charge in [-0.2, -0.15) is 0 Å². The van der Waals surface area contributed by atoms with Gasteiger partial charge in [-0.05, 0) is 60.3 Å². The molecule has 0 radical (unpaired) electrons. The minimum Gasteiger partial charge on any atom is -0.353 e.